The molecule has 4 saturated carbocycles. The van der Waals surface area contributed by atoms with Crippen LogP contribution in [0.25, 0.3) is 21.6 Å². The quantitative estimate of drug-likeness (QED) is 0.309. The molecule has 2 N–H and O–H groups in total. The van der Waals surface area contributed by atoms with Crippen LogP contribution in [-0.2, 0) is 17.8 Å². The molecule has 2 atom stereocenters. The van der Waals surface area contributed by atoms with E-state index in [1.165, 1.54) is 17.7 Å². The number of rotatable bonds is 6. The summed E-state index contributed by atoms with van der Waals surface area (Å²) in [5.74, 6) is -1.14. The molecule has 13 nitrogen and oxygen atoms in total. The third-order valence-corrected chi connectivity index (χ3v) is 11.5. The Morgan fingerprint density at radius 2 is 1.81 bits per heavy atom. The fourth-order valence-electron chi connectivity index (χ4n) is 8.25. The second kappa shape index (κ2) is 10.3. The summed E-state index contributed by atoms with van der Waals surface area (Å²) in [5, 5.41) is 14.1. The highest BCUT2D eigenvalue weighted by molar-refractivity contribution is 7.18. The van der Waals surface area contributed by atoms with Crippen LogP contribution in [0.15, 0.2) is 11.1 Å². The van der Waals surface area contributed by atoms with Crippen molar-refractivity contribution in [3.05, 3.63) is 38.6 Å². The number of nitrogens with one attached hydrogen (secondary N) is 1. The van der Waals surface area contributed by atoms with Gasteiger partial charge in [-0.3, -0.25) is 14.4 Å². The number of aryl methyl sites for hydroxylation is 2. The van der Waals surface area contributed by atoms with Crippen LogP contribution in [0.1, 0.15) is 65.9 Å². The SMILES string of the molecule is CCc1c(N2CCN(C(=O)c3ncnc(C)c3O)[C@@H]3CC[C@H]32)c(=O)c2nc3nc(C)sc3nc2n1CC(=O)NC12CC(C(F)(F)F)(C1)C2. The fourth-order valence-corrected chi connectivity index (χ4v) is 8.98. The summed E-state index contributed by atoms with van der Waals surface area (Å²) >= 11 is 1.31. The highest BCUT2D eigenvalue weighted by atomic mass is 32.1. The summed E-state index contributed by atoms with van der Waals surface area (Å²) in [7, 11) is 0. The molecule has 2 amide bonds. The van der Waals surface area contributed by atoms with Crippen LogP contribution in [-0.4, -0.2) is 88.2 Å². The van der Waals surface area contributed by atoms with Crippen molar-refractivity contribution in [1.82, 2.24) is 39.7 Å². The van der Waals surface area contributed by atoms with Gasteiger partial charge in [0.25, 0.3) is 5.91 Å². The third-order valence-electron chi connectivity index (χ3n) is 10.6. The van der Waals surface area contributed by atoms with E-state index in [-0.39, 0.29) is 72.5 Å². The van der Waals surface area contributed by atoms with Gasteiger partial charge in [0.05, 0.1) is 22.2 Å². The Morgan fingerprint density at radius 1 is 1.08 bits per heavy atom. The van der Waals surface area contributed by atoms with Gasteiger partial charge in [-0.1, -0.05) is 18.3 Å². The number of aromatic hydroxyl groups is 1. The minimum Gasteiger partial charge on any atom is -0.504 e. The van der Waals surface area contributed by atoms with Gasteiger partial charge in [-0.15, -0.1) is 0 Å². The molecule has 48 heavy (non-hydrogen) atoms. The summed E-state index contributed by atoms with van der Waals surface area (Å²) in [4.78, 5) is 67.4. The normalized spacial score (nSPS) is 26.1. The summed E-state index contributed by atoms with van der Waals surface area (Å²) in [5.41, 5.74) is -1.23. The number of fused-ring (bicyclic) bond motifs is 3. The monoisotopic (exact) mass is 683 g/mol. The summed E-state index contributed by atoms with van der Waals surface area (Å²) in [6.45, 7) is 5.55. The number of nitrogens with zero attached hydrogens (tertiary/aromatic N) is 8. The standard InChI is InChI=1S/C31H32F3N9O4S/c1-4-16-22(41-7-8-42(18-6-5-17(18)41)28(47)21-23(45)14(2)35-13-36-21)24(46)20-26(39-27-25(38-20)37-15(3)48-27)43(16)9-19(44)40-30-10-29(11-30,12-30)31(32,33)34/h13,17-18,45H,4-12H2,1-3H3,(H,40,44)/t17-,18-,29?,30?/m1/s1. The van der Waals surface area contributed by atoms with Crippen LogP contribution >= 0.6 is 11.3 Å². The Morgan fingerprint density at radius 3 is 2.48 bits per heavy atom. The molecule has 0 spiro atoms. The lowest BCUT2D eigenvalue weighted by Crippen LogP contribution is -2.78. The van der Waals surface area contributed by atoms with Gasteiger partial charge >= 0.3 is 6.18 Å². The number of piperazine rings is 1. The Balaban J connectivity index is 1.16. The predicted molar refractivity (Wildman–Crippen MR) is 168 cm³/mol. The van der Waals surface area contributed by atoms with Gasteiger partial charge in [0.1, 0.15) is 18.6 Å². The van der Waals surface area contributed by atoms with E-state index >= 15 is 0 Å². The number of hydrogen-bond donors (Lipinski definition) is 2. The molecule has 252 valence electrons. The average Bonchev–Trinajstić information content (AvgIpc) is 3.34. The van der Waals surface area contributed by atoms with Gasteiger partial charge in [-0.05, 0) is 52.4 Å². The second-order valence-corrected chi connectivity index (χ2v) is 14.7. The van der Waals surface area contributed by atoms with Crippen molar-refractivity contribution in [2.24, 2.45) is 5.41 Å². The second-order valence-electron chi connectivity index (χ2n) is 13.5. The van der Waals surface area contributed by atoms with Gasteiger partial charge in [-0.2, -0.15) is 13.2 Å². The maximum absolute atomic E-state index is 14.4. The lowest BCUT2D eigenvalue weighted by Gasteiger charge is -2.70. The zero-order valence-electron chi connectivity index (χ0n) is 26.4. The van der Waals surface area contributed by atoms with E-state index in [1.807, 2.05) is 11.8 Å². The zero-order chi connectivity index (χ0) is 33.9. The molecule has 17 heteroatoms. The molecule has 5 fully saturated rings. The summed E-state index contributed by atoms with van der Waals surface area (Å²) in [6, 6.07) is -0.472. The molecule has 0 radical (unpaired) electrons. The third kappa shape index (κ3) is 4.34. The van der Waals surface area contributed by atoms with Crippen LogP contribution in [0.5, 0.6) is 5.75 Å². The van der Waals surface area contributed by atoms with Crippen LogP contribution in [0.2, 0.25) is 0 Å². The lowest BCUT2D eigenvalue weighted by atomic mass is 9.39. The first-order valence-electron chi connectivity index (χ1n) is 15.9. The smallest absolute Gasteiger partial charge is 0.394 e. The molecule has 5 heterocycles. The van der Waals surface area contributed by atoms with Crippen molar-refractivity contribution in [3.8, 4) is 5.75 Å². The number of thiazole rings is 1. The number of alkyl halides is 3. The van der Waals surface area contributed by atoms with E-state index < -0.39 is 28.9 Å². The minimum atomic E-state index is -4.30. The Kier molecular flexibility index (Phi) is 6.63. The van der Waals surface area contributed by atoms with Crippen molar-refractivity contribution in [2.75, 3.05) is 18.0 Å². The number of carbonyl (C=O) groups is 2. The number of halogens is 3. The van der Waals surface area contributed by atoms with Crippen LogP contribution in [0.4, 0.5) is 18.9 Å². The molecule has 4 aliphatic carbocycles. The molecular formula is C31H32F3N9O4S. The van der Waals surface area contributed by atoms with Crippen molar-refractivity contribution >= 4 is 50.5 Å². The van der Waals surface area contributed by atoms with Crippen LogP contribution < -0.4 is 15.6 Å². The molecule has 2 bridgehead atoms. The molecule has 9 rings (SSSR count). The molecule has 0 aromatic carbocycles. The Hall–Kier alpha value is -4.41. The largest absolute Gasteiger partial charge is 0.504 e. The maximum Gasteiger partial charge on any atom is 0.394 e. The topological polar surface area (TPSA) is 159 Å². The average molecular weight is 684 g/mol. The molecule has 1 saturated heterocycles. The van der Waals surface area contributed by atoms with Crippen LogP contribution in [0, 0.1) is 19.3 Å². The Labute approximate surface area is 275 Å². The number of amides is 2. The van der Waals surface area contributed by atoms with Crippen molar-refractivity contribution < 1.29 is 27.9 Å². The van der Waals surface area contributed by atoms with E-state index in [1.54, 1.807) is 23.3 Å². The van der Waals surface area contributed by atoms with E-state index in [9.17, 15) is 32.7 Å². The predicted octanol–water partition coefficient (Wildman–Crippen LogP) is 3.17. The van der Waals surface area contributed by atoms with Gasteiger partial charge in [0.15, 0.2) is 33.1 Å². The molecular weight excluding hydrogens is 651 g/mol. The molecule has 5 aliphatic rings. The van der Waals surface area contributed by atoms with Gasteiger partial charge in [-0.25, -0.2) is 24.9 Å². The Bertz CT molecular complexity index is 2100. The van der Waals surface area contributed by atoms with E-state index in [0.29, 0.717) is 58.4 Å². The van der Waals surface area contributed by atoms with Crippen molar-refractivity contribution in [2.45, 2.75) is 89.6 Å². The summed E-state index contributed by atoms with van der Waals surface area (Å²) in [6.07, 6.45) is -1.73. The van der Waals surface area contributed by atoms with E-state index in [4.69, 9.17) is 4.98 Å². The first-order chi connectivity index (χ1) is 22.7. The first kappa shape index (κ1) is 30.9. The number of hydrogen-bond acceptors (Lipinski definition) is 11. The highest BCUT2D eigenvalue weighted by Crippen LogP contribution is 2.73. The number of anilines is 1. The van der Waals surface area contributed by atoms with Crippen LogP contribution in [0.3, 0.4) is 0 Å². The van der Waals surface area contributed by atoms with E-state index in [0.717, 1.165) is 0 Å². The van der Waals surface area contributed by atoms with Crippen molar-refractivity contribution in [1.29, 1.82) is 0 Å². The molecule has 1 aliphatic heterocycles. The molecule has 4 aromatic heterocycles. The number of aromatic nitrogens is 6. The number of pyridine rings is 1. The minimum absolute atomic E-state index is 0.0464. The van der Waals surface area contributed by atoms with Crippen molar-refractivity contribution in [3.63, 3.8) is 0 Å². The number of carbonyl (C=O) groups excluding carboxylic acids is 2. The van der Waals surface area contributed by atoms with E-state index in [2.05, 4.69) is 25.3 Å². The highest BCUT2D eigenvalue weighted by Gasteiger charge is 2.79. The maximum atomic E-state index is 14.4. The summed E-state index contributed by atoms with van der Waals surface area (Å²) < 4.78 is 42.1. The zero-order valence-corrected chi connectivity index (χ0v) is 27.2. The van der Waals surface area contributed by atoms with Gasteiger partial charge in [0, 0.05) is 30.4 Å². The molecule has 0 unspecified atom stereocenters. The fraction of sp³-hybridized carbons (Fsp3) is 0.548. The lowest BCUT2D eigenvalue weighted by molar-refractivity contribution is -0.337. The first-order valence-corrected chi connectivity index (χ1v) is 16.7. The molecule has 4 aromatic rings. The van der Waals surface area contributed by atoms with Gasteiger partial charge < -0.3 is 24.8 Å². The van der Waals surface area contributed by atoms with Gasteiger partial charge in [0.2, 0.25) is 11.3 Å².